The fraction of sp³-hybridized carbons (Fsp3) is 0.250. The molecule has 4 rings (SSSR count). The molecule has 2 heterocycles. The van der Waals surface area contributed by atoms with Crippen molar-refractivity contribution < 1.29 is 4.79 Å². The summed E-state index contributed by atoms with van der Waals surface area (Å²) in [4.78, 5) is 20.3. The molecule has 1 aromatic heterocycles. The number of hydrogen-bond donors (Lipinski definition) is 4. The maximum Gasteiger partial charge on any atom is 0.319 e. The van der Waals surface area contributed by atoms with Gasteiger partial charge in [0.15, 0.2) is 0 Å². The molecule has 3 aromatic rings. The zero-order valence-electron chi connectivity index (χ0n) is 14.7. The van der Waals surface area contributed by atoms with Crippen LogP contribution in [-0.4, -0.2) is 28.6 Å². The molecule has 2 atom stereocenters. The Morgan fingerprint density at radius 2 is 2.00 bits per heavy atom. The van der Waals surface area contributed by atoms with Crippen LogP contribution >= 0.6 is 0 Å². The van der Waals surface area contributed by atoms with Gasteiger partial charge in [0.2, 0.25) is 0 Å². The Labute approximate surface area is 156 Å². The normalized spacial score (nSPS) is 19.4. The summed E-state index contributed by atoms with van der Waals surface area (Å²) in [7, 11) is 0. The number of rotatable bonds is 3. The third-order valence-electron chi connectivity index (χ3n) is 4.75. The van der Waals surface area contributed by atoms with Crippen LogP contribution in [0.2, 0.25) is 0 Å². The number of imidazole rings is 1. The largest absolute Gasteiger partial charge is 0.341 e. The minimum Gasteiger partial charge on any atom is -0.341 e. The Hall–Kier alpha value is -3.37. The Morgan fingerprint density at radius 3 is 2.78 bits per heavy atom. The molecular formula is C20H20N6O. The molecule has 0 saturated carbocycles. The van der Waals surface area contributed by atoms with E-state index in [9.17, 15) is 4.79 Å². The Bertz CT molecular complexity index is 955. The van der Waals surface area contributed by atoms with Crippen molar-refractivity contribution in [1.29, 1.82) is 5.26 Å². The molecule has 1 fully saturated rings. The van der Waals surface area contributed by atoms with Crippen LogP contribution in [0.1, 0.15) is 30.3 Å². The van der Waals surface area contributed by atoms with Gasteiger partial charge < -0.3 is 20.9 Å². The number of carbonyl (C=O) groups is 1. The molecule has 1 aliphatic rings. The van der Waals surface area contributed by atoms with Crippen LogP contribution in [0.5, 0.6) is 0 Å². The SMILES string of the molecule is N#Cc1ccc(NC(=O)N[C@@H]2CCN[C@@H](c3nc4ccccc4[nH]3)C2)cc1. The molecule has 4 N–H and O–H groups in total. The molecule has 1 saturated heterocycles. The number of para-hydroxylation sites is 2. The van der Waals surface area contributed by atoms with Crippen LogP contribution in [0.3, 0.4) is 0 Å². The van der Waals surface area contributed by atoms with Crippen molar-refractivity contribution in [1.82, 2.24) is 20.6 Å². The summed E-state index contributed by atoms with van der Waals surface area (Å²) in [5.41, 5.74) is 3.19. The van der Waals surface area contributed by atoms with E-state index < -0.39 is 0 Å². The Balaban J connectivity index is 1.37. The van der Waals surface area contributed by atoms with E-state index in [1.54, 1.807) is 24.3 Å². The summed E-state index contributed by atoms with van der Waals surface area (Å²) >= 11 is 0. The van der Waals surface area contributed by atoms with E-state index in [2.05, 4.69) is 32.0 Å². The zero-order chi connectivity index (χ0) is 18.6. The molecule has 1 aliphatic heterocycles. The monoisotopic (exact) mass is 360 g/mol. The molecule has 0 radical (unpaired) electrons. The second kappa shape index (κ2) is 7.48. The molecule has 2 aromatic carbocycles. The lowest BCUT2D eigenvalue weighted by Gasteiger charge is -2.29. The maximum absolute atomic E-state index is 12.3. The molecule has 7 nitrogen and oxygen atoms in total. The maximum atomic E-state index is 12.3. The number of hydrogen-bond acceptors (Lipinski definition) is 4. The number of urea groups is 1. The first-order valence-corrected chi connectivity index (χ1v) is 8.97. The van der Waals surface area contributed by atoms with Gasteiger partial charge in [-0.3, -0.25) is 0 Å². The topological polar surface area (TPSA) is 106 Å². The molecule has 7 heteroatoms. The van der Waals surface area contributed by atoms with E-state index in [4.69, 9.17) is 5.26 Å². The Morgan fingerprint density at radius 1 is 1.19 bits per heavy atom. The number of nitriles is 1. The number of fused-ring (bicyclic) bond motifs is 1. The number of carbonyl (C=O) groups excluding carboxylic acids is 1. The number of H-pyrrole nitrogens is 1. The van der Waals surface area contributed by atoms with Gasteiger partial charge in [-0.2, -0.15) is 5.26 Å². The highest BCUT2D eigenvalue weighted by Gasteiger charge is 2.26. The second-order valence-corrected chi connectivity index (χ2v) is 6.65. The van der Waals surface area contributed by atoms with Crippen LogP contribution in [0, 0.1) is 11.3 Å². The predicted molar refractivity (Wildman–Crippen MR) is 103 cm³/mol. The van der Waals surface area contributed by atoms with Crippen LogP contribution < -0.4 is 16.0 Å². The number of aromatic amines is 1. The van der Waals surface area contributed by atoms with Gasteiger partial charge in [0.1, 0.15) is 5.82 Å². The summed E-state index contributed by atoms with van der Waals surface area (Å²) in [6.45, 7) is 0.809. The van der Waals surface area contributed by atoms with Gasteiger partial charge in [-0.15, -0.1) is 0 Å². The van der Waals surface area contributed by atoms with Crippen LogP contribution in [0.4, 0.5) is 10.5 Å². The fourth-order valence-electron chi connectivity index (χ4n) is 3.38. The molecule has 0 unspecified atom stereocenters. The number of anilines is 1. The van der Waals surface area contributed by atoms with E-state index in [0.717, 1.165) is 36.2 Å². The van der Waals surface area contributed by atoms with Crippen LogP contribution in [0.25, 0.3) is 11.0 Å². The molecule has 0 aliphatic carbocycles. The van der Waals surface area contributed by atoms with Gasteiger partial charge in [-0.1, -0.05) is 12.1 Å². The van der Waals surface area contributed by atoms with Crippen LogP contribution in [0.15, 0.2) is 48.5 Å². The quantitative estimate of drug-likeness (QED) is 0.576. The minimum absolute atomic E-state index is 0.0582. The van der Waals surface area contributed by atoms with Gasteiger partial charge in [0.05, 0.1) is 28.7 Å². The van der Waals surface area contributed by atoms with Gasteiger partial charge in [0.25, 0.3) is 0 Å². The molecule has 136 valence electrons. The van der Waals surface area contributed by atoms with E-state index in [1.807, 2.05) is 24.3 Å². The third kappa shape index (κ3) is 3.91. The summed E-state index contributed by atoms with van der Waals surface area (Å²) < 4.78 is 0. The Kier molecular flexibility index (Phi) is 4.73. The van der Waals surface area contributed by atoms with Crippen molar-refractivity contribution in [3.63, 3.8) is 0 Å². The highest BCUT2D eigenvalue weighted by Crippen LogP contribution is 2.23. The van der Waals surface area contributed by atoms with Crippen molar-refractivity contribution in [3.8, 4) is 6.07 Å². The summed E-state index contributed by atoms with van der Waals surface area (Å²) in [5.74, 6) is 0.898. The van der Waals surface area contributed by atoms with Gasteiger partial charge in [-0.05, 0) is 55.8 Å². The predicted octanol–water partition coefficient (Wildman–Crippen LogP) is 3.05. The van der Waals surface area contributed by atoms with Gasteiger partial charge in [0, 0.05) is 11.7 Å². The van der Waals surface area contributed by atoms with Crippen molar-refractivity contribution in [2.75, 3.05) is 11.9 Å². The molecule has 0 bridgehead atoms. The van der Waals surface area contributed by atoms with Gasteiger partial charge >= 0.3 is 6.03 Å². The van der Waals surface area contributed by atoms with Crippen molar-refractivity contribution in [2.24, 2.45) is 0 Å². The summed E-state index contributed by atoms with van der Waals surface area (Å²) in [5, 5.41) is 18.1. The first-order chi connectivity index (χ1) is 13.2. The summed E-state index contributed by atoms with van der Waals surface area (Å²) in [6, 6.07) is 16.7. The number of nitrogens with zero attached hydrogens (tertiary/aromatic N) is 2. The van der Waals surface area contributed by atoms with Crippen LogP contribution in [-0.2, 0) is 0 Å². The number of amides is 2. The molecule has 0 spiro atoms. The molecule has 27 heavy (non-hydrogen) atoms. The smallest absolute Gasteiger partial charge is 0.319 e. The van der Waals surface area contributed by atoms with Crippen molar-refractivity contribution in [3.05, 3.63) is 59.9 Å². The second-order valence-electron chi connectivity index (χ2n) is 6.65. The van der Waals surface area contributed by atoms with E-state index in [0.29, 0.717) is 11.3 Å². The molecular weight excluding hydrogens is 340 g/mol. The number of benzene rings is 2. The average Bonchev–Trinajstić information content (AvgIpc) is 3.13. The lowest BCUT2D eigenvalue weighted by molar-refractivity contribution is 0.240. The average molecular weight is 360 g/mol. The lowest BCUT2D eigenvalue weighted by Crippen LogP contribution is -2.45. The highest BCUT2D eigenvalue weighted by molar-refractivity contribution is 5.89. The third-order valence-corrected chi connectivity index (χ3v) is 4.75. The first-order valence-electron chi connectivity index (χ1n) is 8.97. The van der Waals surface area contributed by atoms with E-state index in [1.165, 1.54) is 0 Å². The minimum atomic E-state index is -0.241. The lowest BCUT2D eigenvalue weighted by atomic mass is 9.99. The molecule has 2 amide bonds. The fourth-order valence-corrected chi connectivity index (χ4v) is 3.38. The number of piperidine rings is 1. The van der Waals surface area contributed by atoms with Gasteiger partial charge in [-0.25, -0.2) is 9.78 Å². The number of aromatic nitrogens is 2. The first kappa shape index (κ1) is 17.1. The summed E-state index contributed by atoms with van der Waals surface area (Å²) in [6.07, 6.45) is 1.62. The standard InChI is InChI=1S/C20H20N6O/c21-12-13-5-7-14(8-6-13)23-20(27)24-15-9-10-22-18(11-15)19-25-16-3-1-2-4-17(16)26-19/h1-8,15,18,22H,9-11H2,(H,25,26)(H2,23,24,27)/t15-,18-/m1/s1. The van der Waals surface area contributed by atoms with E-state index >= 15 is 0 Å². The van der Waals surface area contributed by atoms with E-state index in [-0.39, 0.29) is 18.1 Å². The highest BCUT2D eigenvalue weighted by atomic mass is 16.2. The number of nitrogens with one attached hydrogen (secondary N) is 4. The van der Waals surface area contributed by atoms with Crippen molar-refractivity contribution >= 4 is 22.8 Å². The zero-order valence-corrected chi connectivity index (χ0v) is 14.7. The van der Waals surface area contributed by atoms with Crippen molar-refractivity contribution in [2.45, 2.75) is 24.9 Å².